The largest absolute Gasteiger partial charge is 0.347 e. The minimum absolute atomic E-state index is 0.0677. The van der Waals surface area contributed by atoms with Crippen molar-refractivity contribution in [2.45, 2.75) is 26.7 Å². The van der Waals surface area contributed by atoms with Gasteiger partial charge in [-0.25, -0.2) is 0 Å². The summed E-state index contributed by atoms with van der Waals surface area (Å²) in [7, 11) is 1.71. The number of hydrogen-bond donors (Lipinski definition) is 2. The van der Waals surface area contributed by atoms with E-state index in [-0.39, 0.29) is 24.3 Å². The Balaban J connectivity index is 3.84. The first-order chi connectivity index (χ1) is 7.52. The lowest BCUT2D eigenvalue weighted by atomic mass is 10.1. The first kappa shape index (κ1) is 14.9. The number of hydrogen-bond acceptors (Lipinski definition) is 3. The highest BCUT2D eigenvalue weighted by Crippen LogP contribution is 2.03. The summed E-state index contributed by atoms with van der Waals surface area (Å²) in [5.74, 6) is -0.225. The van der Waals surface area contributed by atoms with Gasteiger partial charge in [-0.15, -0.1) is 0 Å². The standard InChI is InChI=1S/C11H23N3O2/c1-4-14(3)10(15)8-13-11(16)9(2)6-5-7-12/h9H,4-8,12H2,1-3H3,(H,13,16). The van der Waals surface area contributed by atoms with Crippen LogP contribution >= 0.6 is 0 Å². The summed E-state index contributed by atoms with van der Waals surface area (Å²) in [5.41, 5.74) is 5.36. The molecule has 1 atom stereocenters. The van der Waals surface area contributed by atoms with Gasteiger partial charge < -0.3 is 16.0 Å². The molecule has 0 spiro atoms. The molecule has 0 radical (unpaired) electrons. The van der Waals surface area contributed by atoms with E-state index in [1.54, 1.807) is 11.9 Å². The molecule has 3 N–H and O–H groups in total. The third-order valence-electron chi connectivity index (χ3n) is 2.60. The number of carbonyl (C=O) groups excluding carboxylic acids is 2. The number of amides is 2. The van der Waals surface area contributed by atoms with Crippen molar-refractivity contribution in [3.8, 4) is 0 Å². The fraction of sp³-hybridized carbons (Fsp3) is 0.818. The summed E-state index contributed by atoms with van der Waals surface area (Å²) in [6, 6.07) is 0. The summed E-state index contributed by atoms with van der Waals surface area (Å²) in [6.07, 6.45) is 1.59. The quantitative estimate of drug-likeness (QED) is 0.643. The molecule has 0 fully saturated rings. The molecule has 1 unspecified atom stereocenters. The fourth-order valence-electron chi connectivity index (χ4n) is 1.20. The Kier molecular flexibility index (Phi) is 7.54. The van der Waals surface area contributed by atoms with Crippen molar-refractivity contribution in [1.29, 1.82) is 0 Å². The van der Waals surface area contributed by atoms with E-state index in [0.29, 0.717) is 13.1 Å². The van der Waals surface area contributed by atoms with Crippen LogP contribution in [0.4, 0.5) is 0 Å². The van der Waals surface area contributed by atoms with E-state index in [4.69, 9.17) is 5.73 Å². The zero-order chi connectivity index (χ0) is 12.6. The second-order valence-electron chi connectivity index (χ2n) is 3.96. The predicted octanol–water partition coefficient (Wildman–Crippen LogP) is -0.0441. The van der Waals surface area contributed by atoms with Crippen LogP contribution < -0.4 is 11.1 Å². The minimum atomic E-state index is -0.0803. The Morgan fingerprint density at radius 3 is 2.56 bits per heavy atom. The average molecular weight is 229 g/mol. The van der Waals surface area contributed by atoms with E-state index in [2.05, 4.69) is 5.32 Å². The smallest absolute Gasteiger partial charge is 0.241 e. The van der Waals surface area contributed by atoms with E-state index < -0.39 is 0 Å². The molecular formula is C11H23N3O2. The van der Waals surface area contributed by atoms with Crippen LogP contribution in [0.15, 0.2) is 0 Å². The number of likely N-dealkylation sites (N-methyl/N-ethyl adjacent to an activating group) is 1. The minimum Gasteiger partial charge on any atom is -0.347 e. The molecule has 0 aliphatic heterocycles. The number of carbonyl (C=O) groups is 2. The van der Waals surface area contributed by atoms with E-state index in [9.17, 15) is 9.59 Å². The normalized spacial score (nSPS) is 12.0. The molecule has 0 aromatic rings. The monoisotopic (exact) mass is 229 g/mol. The highest BCUT2D eigenvalue weighted by molar-refractivity contribution is 5.85. The van der Waals surface area contributed by atoms with Crippen LogP contribution in [-0.4, -0.2) is 43.4 Å². The van der Waals surface area contributed by atoms with Crippen molar-refractivity contribution in [3.63, 3.8) is 0 Å². The predicted molar refractivity (Wildman–Crippen MR) is 63.8 cm³/mol. The highest BCUT2D eigenvalue weighted by Gasteiger charge is 2.14. The topological polar surface area (TPSA) is 75.4 Å². The summed E-state index contributed by atoms with van der Waals surface area (Å²) >= 11 is 0. The van der Waals surface area contributed by atoms with Gasteiger partial charge >= 0.3 is 0 Å². The maximum absolute atomic E-state index is 11.5. The van der Waals surface area contributed by atoms with Crippen LogP contribution in [0, 0.1) is 5.92 Å². The van der Waals surface area contributed by atoms with Gasteiger partial charge in [-0.1, -0.05) is 6.92 Å². The molecule has 0 aromatic carbocycles. The van der Waals surface area contributed by atoms with Crippen molar-refractivity contribution in [2.75, 3.05) is 26.7 Å². The number of nitrogens with two attached hydrogens (primary N) is 1. The van der Waals surface area contributed by atoms with Crippen LogP contribution in [-0.2, 0) is 9.59 Å². The molecule has 0 aliphatic carbocycles. The van der Waals surface area contributed by atoms with Gasteiger partial charge in [0.25, 0.3) is 0 Å². The Morgan fingerprint density at radius 1 is 1.44 bits per heavy atom. The van der Waals surface area contributed by atoms with Crippen molar-refractivity contribution < 1.29 is 9.59 Å². The molecule has 5 nitrogen and oxygen atoms in total. The molecule has 0 aromatic heterocycles. The van der Waals surface area contributed by atoms with E-state index >= 15 is 0 Å². The van der Waals surface area contributed by atoms with Gasteiger partial charge in [0, 0.05) is 19.5 Å². The number of nitrogens with one attached hydrogen (secondary N) is 1. The highest BCUT2D eigenvalue weighted by atomic mass is 16.2. The molecule has 5 heteroatoms. The fourth-order valence-corrected chi connectivity index (χ4v) is 1.20. The van der Waals surface area contributed by atoms with Gasteiger partial charge in [0.1, 0.15) is 0 Å². The van der Waals surface area contributed by atoms with Gasteiger partial charge in [-0.2, -0.15) is 0 Å². The van der Waals surface area contributed by atoms with Gasteiger partial charge in [-0.3, -0.25) is 9.59 Å². The maximum Gasteiger partial charge on any atom is 0.241 e. The lowest BCUT2D eigenvalue weighted by Gasteiger charge is -2.16. The van der Waals surface area contributed by atoms with Gasteiger partial charge in [0.2, 0.25) is 11.8 Å². The Morgan fingerprint density at radius 2 is 2.06 bits per heavy atom. The molecule has 0 aliphatic rings. The van der Waals surface area contributed by atoms with E-state index in [1.165, 1.54) is 0 Å². The number of rotatable bonds is 7. The zero-order valence-electron chi connectivity index (χ0n) is 10.5. The second-order valence-corrected chi connectivity index (χ2v) is 3.96. The van der Waals surface area contributed by atoms with Crippen LogP contribution in [0.25, 0.3) is 0 Å². The van der Waals surface area contributed by atoms with Gasteiger partial charge in [0.15, 0.2) is 0 Å². The molecular weight excluding hydrogens is 206 g/mol. The van der Waals surface area contributed by atoms with Crippen LogP contribution in [0.3, 0.4) is 0 Å². The molecule has 16 heavy (non-hydrogen) atoms. The molecule has 0 heterocycles. The molecule has 0 saturated carbocycles. The molecule has 0 bridgehead atoms. The van der Waals surface area contributed by atoms with Crippen molar-refractivity contribution in [3.05, 3.63) is 0 Å². The molecule has 0 rings (SSSR count). The summed E-state index contributed by atoms with van der Waals surface area (Å²) in [6.45, 7) is 5.06. The third-order valence-corrected chi connectivity index (χ3v) is 2.60. The first-order valence-corrected chi connectivity index (χ1v) is 5.74. The lowest BCUT2D eigenvalue weighted by molar-refractivity contribution is -0.132. The SMILES string of the molecule is CCN(C)C(=O)CNC(=O)C(C)CCCN. The van der Waals surface area contributed by atoms with Gasteiger partial charge in [0.05, 0.1) is 6.54 Å². The van der Waals surface area contributed by atoms with Gasteiger partial charge in [-0.05, 0) is 26.3 Å². The third kappa shape index (κ3) is 5.70. The summed E-state index contributed by atoms with van der Waals surface area (Å²) < 4.78 is 0. The Bertz CT molecular complexity index is 231. The van der Waals surface area contributed by atoms with Crippen molar-refractivity contribution in [2.24, 2.45) is 11.7 Å². The summed E-state index contributed by atoms with van der Waals surface area (Å²) in [4.78, 5) is 24.5. The summed E-state index contributed by atoms with van der Waals surface area (Å²) in [5, 5.41) is 2.64. The zero-order valence-corrected chi connectivity index (χ0v) is 10.5. The molecule has 2 amide bonds. The van der Waals surface area contributed by atoms with Crippen molar-refractivity contribution >= 4 is 11.8 Å². The van der Waals surface area contributed by atoms with Crippen LogP contribution in [0.2, 0.25) is 0 Å². The Labute approximate surface area is 97.4 Å². The average Bonchev–Trinajstić information content (AvgIpc) is 2.31. The lowest BCUT2D eigenvalue weighted by Crippen LogP contribution is -2.39. The second kappa shape index (κ2) is 8.10. The maximum atomic E-state index is 11.5. The number of nitrogens with zero attached hydrogens (tertiary/aromatic N) is 1. The Hall–Kier alpha value is -1.10. The van der Waals surface area contributed by atoms with E-state index in [0.717, 1.165) is 12.8 Å². The van der Waals surface area contributed by atoms with Crippen LogP contribution in [0.5, 0.6) is 0 Å². The van der Waals surface area contributed by atoms with E-state index in [1.807, 2.05) is 13.8 Å². The molecule has 0 saturated heterocycles. The molecule has 94 valence electrons. The van der Waals surface area contributed by atoms with Crippen molar-refractivity contribution in [1.82, 2.24) is 10.2 Å². The van der Waals surface area contributed by atoms with Crippen LogP contribution in [0.1, 0.15) is 26.7 Å². The first-order valence-electron chi connectivity index (χ1n) is 5.74.